The minimum Gasteiger partial charge on any atom is -0.337 e. The predicted molar refractivity (Wildman–Crippen MR) is 105 cm³/mol. The molecule has 28 heavy (non-hydrogen) atoms. The Kier molecular flexibility index (Phi) is 5.48. The van der Waals surface area contributed by atoms with E-state index < -0.39 is 0 Å². The molecule has 1 aromatic carbocycles. The summed E-state index contributed by atoms with van der Waals surface area (Å²) in [6.07, 6.45) is 6.41. The van der Waals surface area contributed by atoms with Crippen LogP contribution in [0.15, 0.2) is 42.7 Å². The van der Waals surface area contributed by atoms with Crippen LogP contribution >= 0.6 is 0 Å². The molecule has 1 amide bonds. The second-order valence-corrected chi connectivity index (χ2v) is 7.22. The molecule has 3 heterocycles. The molecule has 0 bridgehead atoms. The number of benzene rings is 1. The standard InChI is InChI=1S/C20H25N7O/c21-8-10-27-14-18(23-25-27)20(28)26-9-4-7-16(13-26)19-17(12-22-24-19)11-15-5-2-1-3-6-15/h1-3,5-6,12,14,16H,4,7-11,13,21H2,(H,22,24)/t16-/m1/s1. The summed E-state index contributed by atoms with van der Waals surface area (Å²) in [4.78, 5) is 14.7. The van der Waals surface area contributed by atoms with Crippen molar-refractivity contribution in [2.45, 2.75) is 31.7 Å². The van der Waals surface area contributed by atoms with E-state index in [2.05, 4.69) is 32.6 Å². The topological polar surface area (TPSA) is 106 Å². The van der Waals surface area contributed by atoms with Crippen LogP contribution in [0.4, 0.5) is 0 Å². The van der Waals surface area contributed by atoms with Crippen LogP contribution in [0.2, 0.25) is 0 Å². The van der Waals surface area contributed by atoms with Gasteiger partial charge in [-0.3, -0.25) is 14.6 Å². The molecule has 1 aliphatic rings. The maximum atomic E-state index is 12.9. The van der Waals surface area contributed by atoms with E-state index in [-0.39, 0.29) is 11.8 Å². The van der Waals surface area contributed by atoms with Crippen LogP contribution in [0.1, 0.15) is 46.1 Å². The summed E-state index contributed by atoms with van der Waals surface area (Å²) >= 11 is 0. The van der Waals surface area contributed by atoms with Gasteiger partial charge < -0.3 is 10.6 Å². The minimum absolute atomic E-state index is 0.0721. The zero-order chi connectivity index (χ0) is 19.3. The van der Waals surface area contributed by atoms with Crippen LogP contribution in [0.5, 0.6) is 0 Å². The van der Waals surface area contributed by atoms with Gasteiger partial charge in [0.25, 0.3) is 5.91 Å². The second kappa shape index (κ2) is 8.35. The van der Waals surface area contributed by atoms with Crippen LogP contribution in [-0.4, -0.2) is 55.6 Å². The van der Waals surface area contributed by atoms with E-state index in [1.807, 2.05) is 29.3 Å². The lowest BCUT2D eigenvalue weighted by atomic mass is 9.90. The fourth-order valence-corrected chi connectivity index (χ4v) is 3.83. The highest BCUT2D eigenvalue weighted by molar-refractivity contribution is 5.92. The number of H-pyrrole nitrogens is 1. The van der Waals surface area contributed by atoms with Gasteiger partial charge in [-0.1, -0.05) is 35.5 Å². The highest BCUT2D eigenvalue weighted by Gasteiger charge is 2.29. The van der Waals surface area contributed by atoms with E-state index in [1.165, 1.54) is 11.1 Å². The van der Waals surface area contributed by atoms with Crippen LogP contribution in [0.3, 0.4) is 0 Å². The first-order valence-electron chi connectivity index (χ1n) is 9.70. The van der Waals surface area contributed by atoms with Gasteiger partial charge in [0.2, 0.25) is 0 Å². The molecule has 0 spiro atoms. The number of hydrogen-bond acceptors (Lipinski definition) is 5. The Bertz CT molecular complexity index is 918. The molecule has 146 valence electrons. The normalized spacial score (nSPS) is 17.0. The molecule has 3 N–H and O–H groups in total. The van der Waals surface area contributed by atoms with Gasteiger partial charge in [0.05, 0.1) is 18.9 Å². The van der Waals surface area contributed by atoms with Crippen molar-refractivity contribution in [3.8, 4) is 0 Å². The predicted octanol–water partition coefficient (Wildman–Crippen LogP) is 1.57. The lowest BCUT2D eigenvalue weighted by Gasteiger charge is -2.32. The lowest BCUT2D eigenvalue weighted by Crippen LogP contribution is -2.39. The van der Waals surface area contributed by atoms with E-state index in [1.54, 1.807) is 10.9 Å². The van der Waals surface area contributed by atoms with E-state index in [4.69, 9.17) is 5.73 Å². The van der Waals surface area contributed by atoms with Crippen molar-refractivity contribution in [1.29, 1.82) is 0 Å². The highest BCUT2D eigenvalue weighted by atomic mass is 16.2. The Morgan fingerprint density at radius 3 is 2.96 bits per heavy atom. The molecule has 1 saturated heterocycles. The monoisotopic (exact) mass is 379 g/mol. The molecule has 4 rings (SSSR count). The summed E-state index contributed by atoms with van der Waals surface area (Å²) < 4.78 is 1.61. The summed E-state index contributed by atoms with van der Waals surface area (Å²) in [5.74, 6) is 0.176. The second-order valence-electron chi connectivity index (χ2n) is 7.22. The molecular weight excluding hydrogens is 354 g/mol. The number of aromatic amines is 1. The van der Waals surface area contributed by atoms with E-state index in [0.29, 0.717) is 25.3 Å². The Labute approximate surface area is 163 Å². The molecule has 1 fully saturated rings. The maximum Gasteiger partial charge on any atom is 0.276 e. The van der Waals surface area contributed by atoms with Crippen LogP contribution < -0.4 is 5.73 Å². The van der Waals surface area contributed by atoms with Crippen molar-refractivity contribution in [3.05, 3.63) is 65.2 Å². The van der Waals surface area contributed by atoms with Crippen molar-refractivity contribution in [2.75, 3.05) is 19.6 Å². The van der Waals surface area contributed by atoms with Gasteiger partial charge in [-0.2, -0.15) is 5.10 Å². The minimum atomic E-state index is -0.0721. The van der Waals surface area contributed by atoms with Crippen molar-refractivity contribution in [1.82, 2.24) is 30.1 Å². The number of nitrogens with two attached hydrogens (primary N) is 1. The molecule has 1 aliphatic heterocycles. The van der Waals surface area contributed by atoms with Gasteiger partial charge in [0.1, 0.15) is 0 Å². The summed E-state index contributed by atoms with van der Waals surface area (Å²) in [6.45, 7) is 2.42. The van der Waals surface area contributed by atoms with E-state index in [0.717, 1.165) is 31.5 Å². The molecule has 0 unspecified atom stereocenters. The molecular formula is C20H25N7O. The van der Waals surface area contributed by atoms with Crippen LogP contribution in [0.25, 0.3) is 0 Å². The number of piperidine rings is 1. The lowest BCUT2D eigenvalue weighted by molar-refractivity contribution is 0.0699. The first kappa shape index (κ1) is 18.4. The summed E-state index contributed by atoms with van der Waals surface area (Å²) in [5, 5.41) is 15.5. The number of amides is 1. The Balaban J connectivity index is 1.47. The third kappa shape index (κ3) is 3.96. The molecule has 8 heteroatoms. The van der Waals surface area contributed by atoms with Crippen LogP contribution in [0, 0.1) is 0 Å². The van der Waals surface area contributed by atoms with Crippen molar-refractivity contribution < 1.29 is 4.79 Å². The zero-order valence-electron chi connectivity index (χ0n) is 15.8. The van der Waals surface area contributed by atoms with Crippen LogP contribution in [-0.2, 0) is 13.0 Å². The Hall–Kier alpha value is -3.00. The van der Waals surface area contributed by atoms with Gasteiger partial charge in [0.15, 0.2) is 5.69 Å². The first-order chi connectivity index (χ1) is 13.7. The Morgan fingerprint density at radius 1 is 1.29 bits per heavy atom. The molecule has 8 nitrogen and oxygen atoms in total. The molecule has 0 aliphatic carbocycles. The summed E-state index contributed by atoms with van der Waals surface area (Å²) in [6, 6.07) is 10.4. The smallest absolute Gasteiger partial charge is 0.276 e. The average molecular weight is 379 g/mol. The SMILES string of the molecule is NCCn1cc(C(=O)N2CCC[C@@H](c3[nH]ncc3Cc3ccccc3)C2)nn1. The van der Waals surface area contributed by atoms with E-state index in [9.17, 15) is 4.79 Å². The van der Waals surface area contributed by atoms with Gasteiger partial charge in [-0.25, -0.2) is 0 Å². The fourth-order valence-electron chi connectivity index (χ4n) is 3.83. The highest BCUT2D eigenvalue weighted by Crippen LogP contribution is 2.29. The number of aromatic nitrogens is 5. The molecule has 0 radical (unpaired) electrons. The number of carbonyl (C=O) groups is 1. The quantitative estimate of drug-likeness (QED) is 0.676. The van der Waals surface area contributed by atoms with Crippen molar-refractivity contribution in [3.63, 3.8) is 0 Å². The van der Waals surface area contributed by atoms with Gasteiger partial charge in [-0.05, 0) is 24.0 Å². The summed E-state index contributed by atoms with van der Waals surface area (Å²) in [5.41, 5.74) is 9.50. The van der Waals surface area contributed by atoms with Gasteiger partial charge in [-0.15, -0.1) is 5.10 Å². The summed E-state index contributed by atoms with van der Waals surface area (Å²) in [7, 11) is 0. The molecule has 0 saturated carbocycles. The third-order valence-corrected chi connectivity index (χ3v) is 5.22. The number of carbonyl (C=O) groups excluding carboxylic acids is 1. The maximum absolute atomic E-state index is 12.9. The van der Waals surface area contributed by atoms with E-state index >= 15 is 0 Å². The largest absolute Gasteiger partial charge is 0.337 e. The molecule has 2 aromatic heterocycles. The average Bonchev–Trinajstić information content (AvgIpc) is 3.38. The molecule has 1 atom stereocenters. The number of nitrogens with one attached hydrogen (secondary N) is 1. The third-order valence-electron chi connectivity index (χ3n) is 5.22. The first-order valence-corrected chi connectivity index (χ1v) is 9.70. The number of rotatable bonds is 6. The molecule has 3 aromatic rings. The van der Waals surface area contributed by atoms with Crippen molar-refractivity contribution >= 4 is 5.91 Å². The van der Waals surface area contributed by atoms with Gasteiger partial charge in [0, 0.05) is 37.7 Å². The number of likely N-dealkylation sites (tertiary alicyclic amines) is 1. The van der Waals surface area contributed by atoms with Gasteiger partial charge >= 0.3 is 0 Å². The van der Waals surface area contributed by atoms with Crippen molar-refractivity contribution in [2.24, 2.45) is 5.73 Å². The Morgan fingerprint density at radius 2 is 2.14 bits per heavy atom. The number of hydrogen-bond donors (Lipinski definition) is 2. The fraction of sp³-hybridized carbons (Fsp3) is 0.400. The number of nitrogens with zero attached hydrogens (tertiary/aromatic N) is 5. The zero-order valence-corrected chi connectivity index (χ0v) is 15.8.